The molecule has 1 N–H and O–H groups in total. The van der Waals surface area contributed by atoms with E-state index in [9.17, 15) is 5.11 Å². The van der Waals surface area contributed by atoms with Crippen LogP contribution in [-0.4, -0.2) is 74.5 Å². The van der Waals surface area contributed by atoms with Crippen molar-refractivity contribution in [2.45, 2.75) is 31.9 Å². The average molecular weight is 348 g/mol. The molecule has 1 fully saturated rings. The van der Waals surface area contributed by atoms with Crippen molar-refractivity contribution in [3.8, 4) is 11.5 Å². The number of likely N-dealkylation sites (N-methyl/N-ethyl adjacent to an activating group) is 1. The van der Waals surface area contributed by atoms with Gasteiger partial charge in [0.2, 0.25) is 0 Å². The van der Waals surface area contributed by atoms with Gasteiger partial charge in [-0.05, 0) is 58.1 Å². The fourth-order valence-electron chi connectivity index (χ4n) is 3.25. The predicted molar refractivity (Wildman–Crippen MR) is 102 cm³/mol. The minimum atomic E-state index is -0.513. The van der Waals surface area contributed by atoms with Crippen LogP contribution in [0.1, 0.15) is 25.3 Å². The van der Waals surface area contributed by atoms with Crippen molar-refractivity contribution in [2.24, 2.45) is 0 Å². The van der Waals surface area contributed by atoms with Crippen molar-refractivity contribution < 1.29 is 14.6 Å². The molecule has 2 rings (SSSR count). The number of ether oxygens (including phenoxy) is 2. The topological polar surface area (TPSA) is 45.2 Å². The van der Waals surface area contributed by atoms with Gasteiger partial charge in [-0.15, -0.1) is 0 Å². The molecule has 0 saturated carbocycles. The van der Waals surface area contributed by atoms with Crippen molar-refractivity contribution >= 4 is 6.08 Å². The Labute approximate surface area is 151 Å². The zero-order valence-electron chi connectivity index (χ0n) is 15.9. The molecule has 1 heterocycles. The average Bonchev–Trinajstić information content (AvgIpc) is 2.61. The van der Waals surface area contributed by atoms with Crippen molar-refractivity contribution in [3.05, 3.63) is 29.8 Å². The number of aliphatic hydroxyl groups is 1. The highest BCUT2D eigenvalue weighted by Crippen LogP contribution is 2.28. The van der Waals surface area contributed by atoms with Crippen LogP contribution in [0.15, 0.2) is 24.3 Å². The first-order valence-electron chi connectivity index (χ1n) is 9.04. The molecule has 2 unspecified atom stereocenters. The Morgan fingerprint density at radius 1 is 1.36 bits per heavy atom. The van der Waals surface area contributed by atoms with E-state index in [1.54, 1.807) is 7.11 Å². The van der Waals surface area contributed by atoms with Gasteiger partial charge in [-0.1, -0.05) is 18.2 Å². The molecule has 0 aromatic heterocycles. The van der Waals surface area contributed by atoms with Gasteiger partial charge in [0.15, 0.2) is 11.5 Å². The lowest BCUT2D eigenvalue weighted by Gasteiger charge is -2.36. The van der Waals surface area contributed by atoms with Crippen LogP contribution >= 0.6 is 0 Å². The lowest BCUT2D eigenvalue weighted by atomic mass is 10.0. The van der Waals surface area contributed by atoms with Crippen molar-refractivity contribution in [1.82, 2.24) is 9.80 Å². The van der Waals surface area contributed by atoms with Crippen molar-refractivity contribution in [3.63, 3.8) is 0 Å². The summed E-state index contributed by atoms with van der Waals surface area (Å²) in [6, 6.07) is 6.38. The molecular weight excluding hydrogens is 316 g/mol. The van der Waals surface area contributed by atoms with E-state index in [0.29, 0.717) is 24.1 Å². The summed E-state index contributed by atoms with van der Waals surface area (Å²) < 4.78 is 11.2. The molecule has 5 nitrogen and oxygen atoms in total. The summed E-state index contributed by atoms with van der Waals surface area (Å²) in [6.07, 6.45) is 5.89. The molecule has 25 heavy (non-hydrogen) atoms. The van der Waals surface area contributed by atoms with Crippen molar-refractivity contribution in [2.75, 3.05) is 47.4 Å². The van der Waals surface area contributed by atoms with E-state index < -0.39 is 6.10 Å². The zero-order valence-corrected chi connectivity index (χ0v) is 15.9. The molecule has 2 atom stereocenters. The third-order valence-corrected chi connectivity index (χ3v) is 4.66. The Balaban J connectivity index is 1.86. The molecule has 1 aliphatic rings. The SMILES string of the molecule is CC=Cc1ccc(OCC(O)CN2CCCC(N(C)C)C2)c(OC)c1. The van der Waals surface area contributed by atoms with Crippen LogP contribution in [0.4, 0.5) is 0 Å². The monoisotopic (exact) mass is 348 g/mol. The summed E-state index contributed by atoms with van der Waals surface area (Å²) in [4.78, 5) is 4.60. The number of benzene rings is 1. The molecule has 140 valence electrons. The molecule has 0 amide bonds. The van der Waals surface area contributed by atoms with Gasteiger partial charge in [-0.25, -0.2) is 0 Å². The van der Waals surface area contributed by atoms with Crippen LogP contribution in [0.2, 0.25) is 0 Å². The summed E-state index contributed by atoms with van der Waals surface area (Å²) in [5.74, 6) is 1.35. The third kappa shape index (κ3) is 6.03. The number of β-amino-alcohol motifs (C(OH)–C–C–N with tert-alkyl or cyclic N) is 1. The van der Waals surface area contributed by atoms with E-state index in [1.807, 2.05) is 37.3 Å². The summed E-state index contributed by atoms with van der Waals surface area (Å²) in [5.41, 5.74) is 1.07. The highest BCUT2D eigenvalue weighted by Gasteiger charge is 2.23. The Morgan fingerprint density at radius 2 is 2.16 bits per heavy atom. The fourth-order valence-corrected chi connectivity index (χ4v) is 3.25. The van der Waals surface area contributed by atoms with E-state index in [2.05, 4.69) is 23.9 Å². The maximum Gasteiger partial charge on any atom is 0.161 e. The van der Waals surface area contributed by atoms with Crippen molar-refractivity contribution in [1.29, 1.82) is 0 Å². The van der Waals surface area contributed by atoms with Gasteiger partial charge in [0, 0.05) is 19.1 Å². The number of aliphatic hydroxyl groups excluding tert-OH is 1. The molecule has 0 aliphatic carbocycles. The first-order chi connectivity index (χ1) is 12.0. The molecule has 0 bridgehead atoms. The largest absolute Gasteiger partial charge is 0.493 e. The number of allylic oxidation sites excluding steroid dienone is 1. The van der Waals surface area contributed by atoms with E-state index in [1.165, 1.54) is 12.8 Å². The van der Waals surface area contributed by atoms with Crippen LogP contribution < -0.4 is 9.47 Å². The normalized spacial score (nSPS) is 20.2. The predicted octanol–water partition coefficient (Wildman–Crippen LogP) is 2.49. The number of likely N-dealkylation sites (tertiary alicyclic amines) is 1. The maximum atomic E-state index is 10.4. The highest BCUT2D eigenvalue weighted by atomic mass is 16.5. The third-order valence-electron chi connectivity index (χ3n) is 4.66. The highest BCUT2D eigenvalue weighted by molar-refractivity contribution is 5.55. The van der Waals surface area contributed by atoms with Gasteiger partial charge >= 0.3 is 0 Å². The number of hydrogen-bond donors (Lipinski definition) is 1. The second-order valence-electron chi connectivity index (χ2n) is 6.89. The smallest absolute Gasteiger partial charge is 0.161 e. The van der Waals surface area contributed by atoms with Gasteiger partial charge in [-0.3, -0.25) is 4.90 Å². The minimum Gasteiger partial charge on any atom is -0.493 e. The Kier molecular flexibility index (Phi) is 7.75. The van der Waals surface area contributed by atoms with Crippen LogP contribution in [0.25, 0.3) is 6.08 Å². The molecule has 1 aliphatic heterocycles. The van der Waals surface area contributed by atoms with Gasteiger partial charge in [0.05, 0.1) is 7.11 Å². The summed E-state index contributed by atoms with van der Waals surface area (Å²) in [6.45, 7) is 4.94. The molecule has 1 aromatic rings. The number of methoxy groups -OCH3 is 1. The van der Waals surface area contributed by atoms with Gasteiger partial charge in [0.1, 0.15) is 12.7 Å². The second-order valence-corrected chi connectivity index (χ2v) is 6.89. The van der Waals surface area contributed by atoms with Crippen LogP contribution in [-0.2, 0) is 0 Å². The Hall–Kier alpha value is -1.56. The van der Waals surface area contributed by atoms with E-state index >= 15 is 0 Å². The molecule has 1 aromatic carbocycles. The standard InChI is InChI=1S/C20H32N2O3/c1-5-7-16-9-10-19(20(12-16)24-4)25-15-18(23)14-22-11-6-8-17(13-22)21(2)3/h5,7,9-10,12,17-18,23H,6,8,11,13-15H2,1-4H3. The fraction of sp³-hybridized carbons (Fsp3) is 0.600. The van der Waals surface area contributed by atoms with Crippen LogP contribution in [0.5, 0.6) is 11.5 Å². The first-order valence-corrected chi connectivity index (χ1v) is 9.04. The van der Waals surface area contributed by atoms with Gasteiger partial charge in [-0.2, -0.15) is 0 Å². The Bertz CT molecular complexity index is 560. The van der Waals surface area contributed by atoms with E-state index in [-0.39, 0.29) is 6.61 Å². The molecule has 1 saturated heterocycles. The molecule has 0 radical (unpaired) electrons. The van der Waals surface area contributed by atoms with Crippen LogP contribution in [0, 0.1) is 0 Å². The molecule has 5 heteroatoms. The van der Waals surface area contributed by atoms with Crippen LogP contribution in [0.3, 0.4) is 0 Å². The summed E-state index contributed by atoms with van der Waals surface area (Å²) >= 11 is 0. The molecule has 0 spiro atoms. The minimum absolute atomic E-state index is 0.266. The van der Waals surface area contributed by atoms with Gasteiger partial charge < -0.3 is 19.5 Å². The lowest BCUT2D eigenvalue weighted by Crippen LogP contribution is -2.48. The Morgan fingerprint density at radius 3 is 2.84 bits per heavy atom. The summed E-state index contributed by atoms with van der Waals surface area (Å²) in [7, 11) is 5.88. The van der Waals surface area contributed by atoms with E-state index in [0.717, 1.165) is 18.7 Å². The number of hydrogen-bond acceptors (Lipinski definition) is 5. The zero-order chi connectivity index (χ0) is 18.2. The number of piperidine rings is 1. The quantitative estimate of drug-likeness (QED) is 0.782. The number of rotatable bonds is 8. The maximum absolute atomic E-state index is 10.4. The number of nitrogens with zero attached hydrogens (tertiary/aromatic N) is 2. The van der Waals surface area contributed by atoms with Gasteiger partial charge in [0.25, 0.3) is 0 Å². The second kappa shape index (κ2) is 9.80. The van der Waals surface area contributed by atoms with E-state index in [4.69, 9.17) is 9.47 Å². The summed E-state index contributed by atoms with van der Waals surface area (Å²) in [5, 5.41) is 10.4. The lowest BCUT2D eigenvalue weighted by molar-refractivity contribution is 0.0450. The first kappa shape index (κ1) is 19.8. The molecular formula is C20H32N2O3.